The Bertz CT molecular complexity index is 569. The molecule has 0 bridgehead atoms. The molecule has 2 N–H and O–H groups in total. The summed E-state index contributed by atoms with van der Waals surface area (Å²) in [5.74, 6) is 1.71. The molecule has 116 valence electrons. The number of aliphatic hydroxyl groups excluding tert-OH is 1. The first-order chi connectivity index (χ1) is 9.87. The number of aliphatic hydroxyl groups is 1. The fourth-order valence-electron chi connectivity index (χ4n) is 2.24. The highest BCUT2D eigenvalue weighted by atomic mass is 32.1. The van der Waals surface area contributed by atoms with Crippen LogP contribution in [0.1, 0.15) is 37.8 Å². The van der Waals surface area contributed by atoms with Gasteiger partial charge in [0, 0.05) is 23.7 Å². The van der Waals surface area contributed by atoms with Crippen molar-refractivity contribution in [2.75, 3.05) is 6.61 Å². The van der Waals surface area contributed by atoms with Gasteiger partial charge in [-0.1, -0.05) is 20.8 Å². The minimum atomic E-state index is 0.112. The van der Waals surface area contributed by atoms with E-state index in [0.717, 1.165) is 34.4 Å². The van der Waals surface area contributed by atoms with Crippen molar-refractivity contribution >= 4 is 11.3 Å². The molecule has 0 aliphatic heterocycles. The van der Waals surface area contributed by atoms with Crippen molar-refractivity contribution in [2.24, 2.45) is 5.41 Å². The number of rotatable bonds is 6. The third kappa shape index (κ3) is 4.95. The summed E-state index contributed by atoms with van der Waals surface area (Å²) in [6, 6.07) is 4.00. The number of nitrogens with zero attached hydrogens (tertiary/aromatic N) is 1. The Balaban J connectivity index is 1.93. The van der Waals surface area contributed by atoms with Crippen LogP contribution in [0.25, 0.3) is 10.8 Å². The molecule has 0 aromatic carbocycles. The van der Waals surface area contributed by atoms with E-state index in [9.17, 15) is 5.11 Å². The van der Waals surface area contributed by atoms with Crippen LogP contribution in [0.5, 0.6) is 0 Å². The molecule has 0 spiro atoms. The van der Waals surface area contributed by atoms with Crippen molar-refractivity contribution in [3.63, 3.8) is 0 Å². The van der Waals surface area contributed by atoms with Crippen molar-refractivity contribution in [2.45, 2.75) is 46.7 Å². The van der Waals surface area contributed by atoms with E-state index < -0.39 is 0 Å². The average Bonchev–Trinajstić information content (AvgIpc) is 3.01. The summed E-state index contributed by atoms with van der Waals surface area (Å²) in [4.78, 5) is 5.55. The van der Waals surface area contributed by atoms with Gasteiger partial charge in [-0.05, 0) is 30.9 Å². The Morgan fingerprint density at radius 3 is 2.71 bits per heavy atom. The molecule has 2 rings (SSSR count). The van der Waals surface area contributed by atoms with Crippen molar-refractivity contribution < 1.29 is 9.52 Å². The van der Waals surface area contributed by atoms with Crippen molar-refractivity contribution in [3.05, 3.63) is 29.0 Å². The molecule has 2 aromatic rings. The van der Waals surface area contributed by atoms with Gasteiger partial charge in [0.1, 0.15) is 5.76 Å². The van der Waals surface area contributed by atoms with E-state index in [0.29, 0.717) is 0 Å². The van der Waals surface area contributed by atoms with Gasteiger partial charge in [0.25, 0.3) is 0 Å². The molecule has 0 saturated carbocycles. The first-order valence-corrected chi connectivity index (χ1v) is 8.05. The molecule has 0 saturated heterocycles. The summed E-state index contributed by atoms with van der Waals surface area (Å²) in [5, 5.41) is 13.8. The van der Waals surface area contributed by atoms with Crippen LogP contribution in [0.15, 0.2) is 22.7 Å². The molecule has 1 atom stereocenters. The van der Waals surface area contributed by atoms with Gasteiger partial charge < -0.3 is 14.8 Å². The van der Waals surface area contributed by atoms with Gasteiger partial charge in [0.15, 0.2) is 10.8 Å². The summed E-state index contributed by atoms with van der Waals surface area (Å²) in [7, 11) is 0. The molecule has 0 radical (unpaired) electrons. The number of aryl methyl sites for hydroxylation is 1. The van der Waals surface area contributed by atoms with Crippen molar-refractivity contribution in [3.8, 4) is 10.8 Å². The zero-order valence-corrected chi connectivity index (χ0v) is 14.0. The molecule has 0 aliphatic carbocycles. The summed E-state index contributed by atoms with van der Waals surface area (Å²) in [5.41, 5.74) is 0.199. The second kappa shape index (κ2) is 6.73. The molecule has 21 heavy (non-hydrogen) atoms. The standard InChI is InChI=1S/C16H24N2O2S/c1-11-5-6-14(20-11)15-18-9-13(21-15)8-17-12(10-19)7-16(2,3)4/h5-6,9,12,17,19H,7-8,10H2,1-4H3. The SMILES string of the molecule is Cc1ccc(-c2ncc(CNC(CO)CC(C)(C)C)s2)o1. The minimum absolute atomic E-state index is 0.112. The lowest BCUT2D eigenvalue weighted by molar-refractivity contribution is 0.198. The highest BCUT2D eigenvalue weighted by Gasteiger charge is 2.18. The Kier molecular flexibility index (Phi) is 5.19. The minimum Gasteiger partial charge on any atom is -0.459 e. The normalized spacial score (nSPS) is 13.6. The van der Waals surface area contributed by atoms with E-state index in [1.165, 1.54) is 0 Å². The largest absolute Gasteiger partial charge is 0.459 e. The number of nitrogens with one attached hydrogen (secondary N) is 1. The molecule has 2 heterocycles. The predicted molar refractivity (Wildman–Crippen MR) is 86.3 cm³/mol. The Morgan fingerprint density at radius 2 is 2.14 bits per heavy atom. The second-order valence-corrected chi connectivity index (χ2v) is 7.68. The Hall–Kier alpha value is -1.17. The highest BCUT2D eigenvalue weighted by molar-refractivity contribution is 7.14. The van der Waals surface area contributed by atoms with Gasteiger partial charge in [0.05, 0.1) is 6.61 Å². The van der Waals surface area contributed by atoms with E-state index in [-0.39, 0.29) is 18.1 Å². The lowest BCUT2D eigenvalue weighted by atomic mass is 9.88. The zero-order chi connectivity index (χ0) is 15.5. The van der Waals surface area contributed by atoms with Crippen molar-refractivity contribution in [1.29, 1.82) is 0 Å². The predicted octanol–water partition coefficient (Wildman–Crippen LogP) is 3.60. The summed E-state index contributed by atoms with van der Waals surface area (Å²) in [6.45, 7) is 9.35. The number of hydrogen-bond donors (Lipinski definition) is 2. The molecular formula is C16H24N2O2S. The lowest BCUT2D eigenvalue weighted by Crippen LogP contribution is -2.35. The fourth-order valence-corrected chi connectivity index (χ4v) is 3.06. The van der Waals surface area contributed by atoms with E-state index >= 15 is 0 Å². The van der Waals surface area contributed by atoms with Crippen LogP contribution in [-0.2, 0) is 6.54 Å². The Labute approximate surface area is 130 Å². The maximum Gasteiger partial charge on any atom is 0.162 e. The van der Waals surface area contributed by atoms with Crippen LogP contribution in [0.4, 0.5) is 0 Å². The van der Waals surface area contributed by atoms with Gasteiger partial charge in [-0.2, -0.15) is 0 Å². The fraction of sp³-hybridized carbons (Fsp3) is 0.562. The average molecular weight is 308 g/mol. The van der Waals surface area contributed by atoms with Crippen LogP contribution in [-0.4, -0.2) is 22.7 Å². The molecule has 0 fully saturated rings. The van der Waals surface area contributed by atoms with Gasteiger partial charge in [-0.15, -0.1) is 11.3 Å². The van der Waals surface area contributed by atoms with Crippen LogP contribution in [0.2, 0.25) is 0 Å². The molecule has 0 aliphatic rings. The van der Waals surface area contributed by atoms with Gasteiger partial charge in [-0.3, -0.25) is 0 Å². The smallest absolute Gasteiger partial charge is 0.162 e. The maximum absolute atomic E-state index is 9.46. The van der Waals surface area contributed by atoms with E-state index in [4.69, 9.17) is 4.42 Å². The van der Waals surface area contributed by atoms with E-state index in [2.05, 4.69) is 31.1 Å². The molecular weight excluding hydrogens is 284 g/mol. The van der Waals surface area contributed by atoms with Gasteiger partial charge in [-0.25, -0.2) is 4.98 Å². The third-order valence-electron chi connectivity index (χ3n) is 3.15. The summed E-state index contributed by atoms with van der Waals surface area (Å²) >= 11 is 1.62. The number of aromatic nitrogens is 1. The number of furan rings is 1. The van der Waals surface area contributed by atoms with Crippen LogP contribution in [0, 0.1) is 12.3 Å². The van der Waals surface area contributed by atoms with E-state index in [1.807, 2.05) is 25.3 Å². The molecule has 1 unspecified atom stereocenters. The topological polar surface area (TPSA) is 58.3 Å². The molecule has 0 amide bonds. The maximum atomic E-state index is 9.46. The molecule has 4 nitrogen and oxygen atoms in total. The van der Waals surface area contributed by atoms with Gasteiger partial charge in [0.2, 0.25) is 0 Å². The highest BCUT2D eigenvalue weighted by Crippen LogP contribution is 2.27. The number of hydrogen-bond acceptors (Lipinski definition) is 5. The van der Waals surface area contributed by atoms with E-state index in [1.54, 1.807) is 11.3 Å². The van der Waals surface area contributed by atoms with Crippen LogP contribution >= 0.6 is 11.3 Å². The molecule has 5 heteroatoms. The zero-order valence-electron chi connectivity index (χ0n) is 13.1. The summed E-state index contributed by atoms with van der Waals surface area (Å²) < 4.78 is 5.58. The Morgan fingerprint density at radius 1 is 1.38 bits per heavy atom. The lowest BCUT2D eigenvalue weighted by Gasteiger charge is -2.25. The molecule has 2 aromatic heterocycles. The third-order valence-corrected chi connectivity index (χ3v) is 4.16. The van der Waals surface area contributed by atoms with Crippen LogP contribution < -0.4 is 5.32 Å². The monoisotopic (exact) mass is 308 g/mol. The van der Waals surface area contributed by atoms with Crippen LogP contribution in [0.3, 0.4) is 0 Å². The summed E-state index contributed by atoms with van der Waals surface area (Å²) in [6.07, 6.45) is 2.81. The van der Waals surface area contributed by atoms with Gasteiger partial charge >= 0.3 is 0 Å². The van der Waals surface area contributed by atoms with Crippen molar-refractivity contribution in [1.82, 2.24) is 10.3 Å². The first kappa shape index (κ1) is 16.2. The number of thiazole rings is 1. The quantitative estimate of drug-likeness (QED) is 0.856. The second-order valence-electron chi connectivity index (χ2n) is 6.57. The first-order valence-electron chi connectivity index (χ1n) is 7.23.